The number of hydrogen-bond acceptors (Lipinski definition) is 13. The van der Waals surface area contributed by atoms with E-state index in [1.165, 1.54) is 41.0 Å². The van der Waals surface area contributed by atoms with E-state index < -0.39 is 18.0 Å². The largest absolute Gasteiger partial charge is 0.494 e. The van der Waals surface area contributed by atoms with Gasteiger partial charge < -0.3 is 62.6 Å². The quantitative estimate of drug-likeness (QED) is 0.0180. The number of aromatic amines is 4. The lowest BCUT2D eigenvalue weighted by molar-refractivity contribution is 0.0628. The van der Waals surface area contributed by atoms with E-state index in [1.54, 1.807) is 26.7 Å². The molecule has 4 atom stereocenters. The van der Waals surface area contributed by atoms with Gasteiger partial charge in [-0.1, -0.05) is 108 Å². The van der Waals surface area contributed by atoms with Gasteiger partial charge in [-0.05, 0) is 282 Å². The lowest BCUT2D eigenvalue weighted by atomic mass is 9.92. The maximum Gasteiger partial charge on any atom is 0.416 e. The van der Waals surface area contributed by atoms with Crippen molar-refractivity contribution in [3.63, 3.8) is 0 Å². The van der Waals surface area contributed by atoms with E-state index in [-0.39, 0.29) is 54.9 Å². The van der Waals surface area contributed by atoms with E-state index >= 15 is 0 Å². The van der Waals surface area contributed by atoms with Crippen molar-refractivity contribution < 1.29 is 66.2 Å². The Morgan fingerprint density at radius 3 is 0.970 bits per heavy atom. The number of carbonyl (C=O) groups is 4. The summed E-state index contributed by atoms with van der Waals surface area (Å²) in [6.45, 7) is 11.1. The second kappa shape index (κ2) is 48.2. The minimum absolute atomic E-state index is 0.186. The van der Waals surface area contributed by atoms with Crippen LogP contribution in [-0.2, 0) is 44.6 Å². The number of aromatic nitrogens is 4. The number of benzene rings is 9. The van der Waals surface area contributed by atoms with Crippen molar-refractivity contribution in [1.82, 2.24) is 39.5 Å². The predicted molar refractivity (Wildman–Crippen MR) is 529 cm³/mol. The second-order valence-electron chi connectivity index (χ2n) is 32.9. The first kappa shape index (κ1) is 98.6. The average molecular weight is 1970 g/mol. The Labute approximate surface area is 814 Å². The molecular weight excluding hydrogens is 1860 g/mol. The van der Waals surface area contributed by atoms with Crippen molar-refractivity contribution in [2.24, 2.45) is 0 Å². The summed E-state index contributed by atoms with van der Waals surface area (Å²) in [7, 11) is 1.58. The van der Waals surface area contributed by atoms with Crippen LogP contribution in [0.3, 0.4) is 0 Å². The molecule has 0 aliphatic carbocycles. The van der Waals surface area contributed by atoms with Gasteiger partial charge in [-0.15, -0.1) is 46.4 Å². The topological polar surface area (TPSA) is 227 Å². The van der Waals surface area contributed by atoms with Gasteiger partial charge in [0.05, 0.1) is 45.7 Å². The number of amides is 4. The number of H-pyrrole nitrogens is 4. The molecule has 0 saturated carbocycles. The number of carbonyl (C=O) groups excluding carboxylic acids is 4. The van der Waals surface area contributed by atoms with Gasteiger partial charge in [0.25, 0.3) is 0 Å². The Hall–Kier alpha value is -10.4. The molecule has 4 aliphatic rings. The van der Waals surface area contributed by atoms with Gasteiger partial charge in [0.15, 0.2) is 0 Å². The molecule has 17 rings (SSSR count). The summed E-state index contributed by atoms with van der Waals surface area (Å²) in [6, 6.07) is 59.0. The van der Waals surface area contributed by atoms with Gasteiger partial charge >= 0.3 is 24.4 Å². The second-order valence-corrected chi connectivity index (χ2v) is 36.1. The summed E-state index contributed by atoms with van der Waals surface area (Å²) in [6.07, 6.45) is 9.91. The van der Waals surface area contributed by atoms with E-state index in [0.717, 1.165) is 194 Å². The number of methoxy groups -OCH3 is 1. The van der Waals surface area contributed by atoms with E-state index in [4.69, 9.17) is 135 Å². The smallest absolute Gasteiger partial charge is 0.416 e. The van der Waals surface area contributed by atoms with Crippen LogP contribution in [-0.4, -0.2) is 173 Å². The normalized spacial score (nSPS) is 15.5. The van der Waals surface area contributed by atoms with Crippen molar-refractivity contribution in [3.8, 4) is 28.7 Å². The van der Waals surface area contributed by atoms with Crippen LogP contribution in [0.5, 0.6) is 28.7 Å². The molecule has 8 heterocycles. The Morgan fingerprint density at radius 1 is 0.353 bits per heavy atom. The highest BCUT2D eigenvalue weighted by Crippen LogP contribution is 2.46. The lowest BCUT2D eigenvalue weighted by Crippen LogP contribution is -2.42. The SMILES string of the molecule is CC(C)OC(=O)N1CCc2c([nH]c3ccc(Cl)cc23)C1c1ccc(OCCCCl)cc1.CCOC(=O)N1CCc2c([nH]c3ccc(Cl)cc23)C1c1ccc(OCCCCCCCl)cc1.COCCOC(=O)N1CCc2c([nH]c3ccc(Cl)cc23)C1c1ccc(OCCCCCl)cc1.O=C(Oc1ccc(F)cc1)N1CCc2c([nH]c3ccc(Cl)cc23)C1c1ccc(OCCCCCl)cc1. The van der Waals surface area contributed by atoms with Crippen LogP contribution in [0, 0.1) is 5.82 Å². The Bertz CT molecular complexity index is 6040. The summed E-state index contributed by atoms with van der Waals surface area (Å²) < 4.78 is 63.7. The highest BCUT2D eigenvalue weighted by Gasteiger charge is 2.41. The summed E-state index contributed by atoms with van der Waals surface area (Å²) in [5.41, 5.74) is 16.5. The van der Waals surface area contributed by atoms with E-state index in [9.17, 15) is 23.6 Å². The van der Waals surface area contributed by atoms with Crippen LogP contribution in [0.4, 0.5) is 23.6 Å². The first-order chi connectivity index (χ1) is 64.7. The van der Waals surface area contributed by atoms with Gasteiger partial charge in [-0.3, -0.25) is 19.6 Å². The first-order valence-electron chi connectivity index (χ1n) is 45.2. The minimum atomic E-state index is -0.504. The molecule has 702 valence electrons. The fourth-order valence-corrected chi connectivity index (χ4v) is 18.8. The van der Waals surface area contributed by atoms with Crippen molar-refractivity contribution in [1.29, 1.82) is 0 Å². The van der Waals surface area contributed by atoms with Gasteiger partial charge in [0.1, 0.15) is 65.3 Å². The molecule has 0 radical (unpaired) electrons. The van der Waals surface area contributed by atoms with Crippen LogP contribution in [0.25, 0.3) is 43.6 Å². The Balaban J connectivity index is 0.000000143. The zero-order chi connectivity index (χ0) is 93.4. The number of ether oxygens (including phenoxy) is 9. The zero-order valence-corrected chi connectivity index (χ0v) is 80.7. The molecule has 13 aromatic rings. The molecule has 0 spiro atoms. The maximum atomic E-state index is 13.3. The molecule has 21 nitrogen and oxygen atoms in total. The summed E-state index contributed by atoms with van der Waals surface area (Å²) in [5, 5.41) is 7.12. The van der Waals surface area contributed by atoms with Gasteiger partial charge in [0, 0.05) is 143 Å². The standard InChI is InChI=1S/C28H25Cl2FN2O3.C26H30Cl2N2O3.C25H28Cl2N2O4.C24H26Cl2N2O3/c29-14-1-2-16-35-21-8-3-18(4-9-21)27-26-23(24-17-19(30)5-12-25(24)32-26)13-15-33(27)28(34)36-22-10-6-20(31)7-11-22;1-2-32-26(31)30-15-13-21-22-17-19(28)9-12-23(22)29-24(21)25(30)18-7-10-20(11-8-18)33-16-6-4-3-5-14-27;1-31-14-15-33-25(30)29-12-10-20-21-16-18(27)6-9-22(21)28-23(20)24(29)17-4-7-19(8-5-17)32-13-3-2-11-26;1-15(2)31-24(29)28-12-10-19-20-14-17(26)6-9-21(20)27-22(19)23(28)16-4-7-18(8-5-16)30-13-3-11-25/h3-12,17,27,32H,1-2,13-16H2;7-12,17,25,29H,2-6,13-16H2,1H3;4-9,16,24,28H,2-3,10-15H2,1H3;4-9,14-15,23,27H,3,10-13H2,1-2H3. The van der Waals surface area contributed by atoms with Crippen LogP contribution < -0.4 is 23.7 Å². The van der Waals surface area contributed by atoms with E-state index in [2.05, 4.69) is 19.9 Å². The van der Waals surface area contributed by atoms with Crippen LogP contribution in [0.2, 0.25) is 20.1 Å². The summed E-state index contributed by atoms with van der Waals surface area (Å²) in [5.74, 6) is 5.60. The molecule has 4 amide bonds. The number of halogens is 9. The molecule has 4 aromatic heterocycles. The Kier molecular flexibility index (Phi) is 35.7. The van der Waals surface area contributed by atoms with Crippen molar-refractivity contribution >= 4 is 161 Å². The third-order valence-electron chi connectivity index (χ3n) is 23.7. The van der Waals surface area contributed by atoms with E-state index in [1.807, 2.05) is 191 Å². The number of unbranched alkanes of at least 4 members (excludes halogenated alkanes) is 5. The predicted octanol–water partition coefficient (Wildman–Crippen LogP) is 26.9. The monoisotopic (exact) mass is 1960 g/mol. The zero-order valence-electron chi connectivity index (χ0n) is 74.7. The average Bonchev–Trinajstić information content (AvgIpc) is 1.62. The lowest BCUT2D eigenvalue weighted by Gasteiger charge is -2.36. The molecule has 30 heteroatoms. The molecule has 4 unspecified atom stereocenters. The van der Waals surface area contributed by atoms with Crippen LogP contribution in [0.1, 0.15) is 170 Å². The molecule has 133 heavy (non-hydrogen) atoms. The number of fused-ring (bicyclic) bond motifs is 12. The first-order valence-corrected chi connectivity index (χ1v) is 48.8. The number of rotatable bonds is 31. The molecule has 4 aliphatic heterocycles. The third-order valence-corrected chi connectivity index (χ3v) is 25.7. The maximum absolute atomic E-state index is 13.3. The number of nitrogens with one attached hydrogen (secondary N) is 4. The molecule has 0 saturated heterocycles. The van der Waals surface area contributed by atoms with Gasteiger partial charge in [-0.25, -0.2) is 23.6 Å². The molecular formula is C103H109Cl8FN8O13. The number of alkyl halides is 4. The fourth-order valence-electron chi connectivity index (χ4n) is 17.4. The van der Waals surface area contributed by atoms with Crippen LogP contribution >= 0.6 is 92.8 Å². The summed E-state index contributed by atoms with van der Waals surface area (Å²) >= 11 is 48.0. The molecule has 0 fully saturated rings. The van der Waals surface area contributed by atoms with Crippen molar-refractivity contribution in [2.45, 2.75) is 135 Å². The van der Waals surface area contributed by atoms with Gasteiger partial charge in [-0.2, -0.15) is 0 Å². The highest BCUT2D eigenvalue weighted by molar-refractivity contribution is 6.32. The third kappa shape index (κ3) is 24.9. The Morgan fingerprint density at radius 2 is 0.647 bits per heavy atom. The molecule has 0 bridgehead atoms. The van der Waals surface area contributed by atoms with E-state index in [0.29, 0.717) is 116 Å². The minimum Gasteiger partial charge on any atom is -0.494 e. The highest BCUT2D eigenvalue weighted by atomic mass is 35.5. The fraction of sp³-hybridized carbons (Fsp3) is 0.359. The van der Waals surface area contributed by atoms with Gasteiger partial charge in [0.2, 0.25) is 0 Å². The molecule has 9 aromatic carbocycles. The molecule has 4 N–H and O–H groups in total. The number of nitrogens with zero attached hydrogens (tertiary/aromatic N) is 4. The van der Waals surface area contributed by atoms with Crippen LogP contribution in [0.15, 0.2) is 194 Å². The van der Waals surface area contributed by atoms with Crippen molar-refractivity contribution in [3.05, 3.63) is 287 Å². The number of hydrogen-bond donors (Lipinski definition) is 4. The summed E-state index contributed by atoms with van der Waals surface area (Å²) in [4.78, 5) is 73.2. The van der Waals surface area contributed by atoms with Crippen molar-refractivity contribution in [2.75, 3.05) is 103 Å².